The summed E-state index contributed by atoms with van der Waals surface area (Å²) in [5, 5.41) is 13.1. The minimum Gasteiger partial charge on any atom is -0.314 e. The summed E-state index contributed by atoms with van der Waals surface area (Å²) in [6, 6.07) is 3.81. The van der Waals surface area contributed by atoms with Crippen molar-refractivity contribution in [1.82, 2.24) is 14.9 Å². The van der Waals surface area contributed by atoms with Gasteiger partial charge in [-0.05, 0) is 53.4 Å². The molecule has 6 nitrogen and oxygen atoms in total. The van der Waals surface area contributed by atoms with Crippen molar-refractivity contribution in [2.45, 2.75) is 44.4 Å². The van der Waals surface area contributed by atoms with Crippen LogP contribution in [0.5, 0.6) is 0 Å². The minimum absolute atomic E-state index is 0.110. The first-order chi connectivity index (χ1) is 12.0. The van der Waals surface area contributed by atoms with Crippen LogP contribution in [0.2, 0.25) is 5.02 Å². The molecule has 4 rings (SSSR count). The highest BCUT2D eigenvalue weighted by molar-refractivity contribution is 9.10. The number of rotatable bonds is 4. The van der Waals surface area contributed by atoms with Crippen LogP contribution in [-0.2, 0) is 6.54 Å². The van der Waals surface area contributed by atoms with Gasteiger partial charge in [0.2, 0.25) is 5.66 Å². The lowest BCUT2D eigenvalue weighted by Gasteiger charge is -2.31. The van der Waals surface area contributed by atoms with E-state index >= 15 is 0 Å². The summed E-state index contributed by atoms with van der Waals surface area (Å²) in [6.45, 7) is 3.72. The van der Waals surface area contributed by atoms with Crippen molar-refractivity contribution in [3.8, 4) is 0 Å². The molecule has 0 amide bonds. The number of aromatic nitrogens is 2. The van der Waals surface area contributed by atoms with Crippen LogP contribution in [0.15, 0.2) is 38.0 Å². The van der Waals surface area contributed by atoms with E-state index in [9.17, 15) is 4.79 Å². The largest absolute Gasteiger partial charge is 0.314 e. The molecule has 132 valence electrons. The van der Waals surface area contributed by atoms with Crippen LogP contribution in [0.25, 0.3) is 10.9 Å². The van der Waals surface area contributed by atoms with Crippen LogP contribution in [0.4, 0.5) is 0 Å². The normalized spacial score (nSPS) is 24.6. The van der Waals surface area contributed by atoms with E-state index in [4.69, 9.17) is 11.6 Å². The molecule has 0 bridgehead atoms. The van der Waals surface area contributed by atoms with Crippen molar-refractivity contribution < 1.29 is 0 Å². The second-order valence-electron chi connectivity index (χ2n) is 7.03. The minimum atomic E-state index is -0.498. The molecule has 1 aromatic carbocycles. The van der Waals surface area contributed by atoms with Gasteiger partial charge < -0.3 is 5.32 Å². The van der Waals surface area contributed by atoms with E-state index in [0.29, 0.717) is 34.4 Å². The van der Waals surface area contributed by atoms with E-state index in [1.54, 1.807) is 23.0 Å². The number of nitrogens with one attached hydrogen (secondary N) is 1. The van der Waals surface area contributed by atoms with Crippen molar-refractivity contribution >= 4 is 38.4 Å². The van der Waals surface area contributed by atoms with Crippen LogP contribution in [0, 0.1) is 5.92 Å². The Morgan fingerprint density at radius 1 is 1.44 bits per heavy atom. The number of hydrogen-bond donors (Lipinski definition) is 1. The highest BCUT2D eigenvalue weighted by Gasteiger charge is 2.44. The first kappa shape index (κ1) is 17.1. The summed E-state index contributed by atoms with van der Waals surface area (Å²) in [7, 11) is 0. The molecule has 2 aliphatic rings. The lowest BCUT2D eigenvalue weighted by Crippen LogP contribution is -2.44. The summed E-state index contributed by atoms with van der Waals surface area (Å²) < 4.78 is 2.33. The molecule has 0 spiro atoms. The van der Waals surface area contributed by atoms with Gasteiger partial charge in [0.1, 0.15) is 0 Å². The maximum absolute atomic E-state index is 12.8. The fraction of sp³-hybridized carbons (Fsp3) is 0.529. The topological polar surface area (TPSA) is 71.6 Å². The van der Waals surface area contributed by atoms with Gasteiger partial charge in [-0.2, -0.15) is 10.2 Å². The third-order valence-corrected chi connectivity index (χ3v) is 6.35. The molecule has 0 saturated carbocycles. The van der Waals surface area contributed by atoms with E-state index in [1.807, 2.05) is 0 Å². The van der Waals surface area contributed by atoms with E-state index in [1.165, 1.54) is 12.8 Å². The number of halogens is 2. The molecule has 1 aromatic heterocycles. The summed E-state index contributed by atoms with van der Waals surface area (Å²) in [4.78, 5) is 17.2. The fourth-order valence-electron chi connectivity index (χ4n) is 3.56. The van der Waals surface area contributed by atoms with Gasteiger partial charge in [0.25, 0.3) is 5.56 Å². The molecule has 0 radical (unpaired) electrons. The van der Waals surface area contributed by atoms with Crippen LogP contribution >= 0.6 is 27.5 Å². The van der Waals surface area contributed by atoms with Gasteiger partial charge in [0.15, 0.2) is 0 Å². The number of nitrogens with zero attached hydrogens (tertiary/aromatic N) is 4. The lowest BCUT2D eigenvalue weighted by atomic mass is 9.87. The molecule has 1 fully saturated rings. The van der Waals surface area contributed by atoms with Crippen molar-refractivity contribution in [3.63, 3.8) is 0 Å². The first-order valence-electron chi connectivity index (χ1n) is 8.49. The maximum atomic E-state index is 12.8. The summed E-state index contributed by atoms with van der Waals surface area (Å²) in [5.41, 5.74) is 0.0151. The molecule has 0 aliphatic carbocycles. The van der Waals surface area contributed by atoms with Crippen LogP contribution in [0.1, 0.15) is 26.2 Å². The van der Waals surface area contributed by atoms with Gasteiger partial charge in [-0.15, -0.1) is 0 Å². The second-order valence-corrected chi connectivity index (χ2v) is 8.29. The Hall–Kier alpha value is -1.31. The van der Waals surface area contributed by atoms with Crippen LogP contribution < -0.4 is 10.9 Å². The van der Waals surface area contributed by atoms with E-state index in [2.05, 4.69) is 43.4 Å². The maximum Gasteiger partial charge on any atom is 0.261 e. The predicted octanol–water partition coefficient (Wildman–Crippen LogP) is 3.75. The molecular formula is C17H19BrClN5O. The summed E-state index contributed by atoms with van der Waals surface area (Å²) >= 11 is 9.50. The van der Waals surface area contributed by atoms with Crippen molar-refractivity contribution in [1.29, 1.82) is 0 Å². The number of benzene rings is 1. The molecule has 1 N–H and O–H groups in total. The Morgan fingerprint density at radius 2 is 2.24 bits per heavy atom. The van der Waals surface area contributed by atoms with Crippen molar-refractivity contribution in [2.75, 3.05) is 6.54 Å². The third kappa shape index (κ3) is 3.37. The quantitative estimate of drug-likeness (QED) is 0.812. The van der Waals surface area contributed by atoms with Crippen molar-refractivity contribution in [3.05, 3.63) is 38.3 Å². The van der Waals surface area contributed by atoms with E-state index < -0.39 is 5.66 Å². The molecule has 2 aliphatic heterocycles. The molecule has 3 heterocycles. The van der Waals surface area contributed by atoms with Gasteiger partial charge >= 0.3 is 0 Å². The van der Waals surface area contributed by atoms with Crippen LogP contribution in [-0.4, -0.2) is 27.8 Å². The van der Waals surface area contributed by atoms with Gasteiger partial charge in [0, 0.05) is 16.9 Å². The average molecular weight is 425 g/mol. The van der Waals surface area contributed by atoms with Crippen molar-refractivity contribution in [2.24, 2.45) is 16.1 Å². The Kier molecular flexibility index (Phi) is 4.42. The average Bonchev–Trinajstić information content (AvgIpc) is 3.34. The molecular weight excluding hydrogens is 406 g/mol. The van der Waals surface area contributed by atoms with Crippen LogP contribution in [0.3, 0.4) is 0 Å². The number of piperidine rings is 1. The predicted molar refractivity (Wildman–Crippen MR) is 101 cm³/mol. The van der Waals surface area contributed by atoms with Gasteiger partial charge in [-0.3, -0.25) is 9.36 Å². The monoisotopic (exact) mass is 423 g/mol. The number of fused-ring (bicyclic) bond motifs is 1. The first-order valence-corrected chi connectivity index (χ1v) is 9.66. The standard InChI is InChI=1S/C17H19BrClN5O/c1-10-3-2-4-20-15(10)7-17(22-23-17)8-24-9-21-14-6-12(18)13(19)5-11(14)16(24)25/h5-6,9-10,15,20H,2-4,7-8H2,1H3/t10-,15+/m0/s1. The summed E-state index contributed by atoms with van der Waals surface area (Å²) in [6.07, 6.45) is 4.83. The van der Waals surface area contributed by atoms with E-state index in [-0.39, 0.29) is 5.56 Å². The van der Waals surface area contributed by atoms with Gasteiger partial charge in [0.05, 0.1) is 28.8 Å². The van der Waals surface area contributed by atoms with E-state index in [0.717, 1.165) is 17.4 Å². The number of hydrogen-bond acceptors (Lipinski definition) is 5. The highest BCUT2D eigenvalue weighted by Crippen LogP contribution is 2.37. The zero-order valence-corrected chi connectivity index (χ0v) is 16.2. The Balaban J connectivity index is 1.59. The lowest BCUT2D eigenvalue weighted by molar-refractivity contribution is 0.253. The molecule has 2 atom stereocenters. The zero-order valence-electron chi connectivity index (χ0n) is 13.9. The third-order valence-electron chi connectivity index (χ3n) is 5.15. The molecule has 1 saturated heterocycles. The molecule has 0 unspecified atom stereocenters. The van der Waals surface area contributed by atoms with Gasteiger partial charge in [-0.25, -0.2) is 4.98 Å². The zero-order chi connectivity index (χ0) is 17.6. The van der Waals surface area contributed by atoms with Gasteiger partial charge in [-0.1, -0.05) is 18.5 Å². The molecule has 8 heteroatoms. The fourth-order valence-corrected chi connectivity index (χ4v) is 4.05. The Labute approximate surface area is 158 Å². The smallest absolute Gasteiger partial charge is 0.261 e. The molecule has 2 aromatic rings. The Morgan fingerprint density at radius 3 is 2.96 bits per heavy atom. The molecule has 25 heavy (non-hydrogen) atoms. The SMILES string of the molecule is C[C@H]1CCCN[C@@H]1CC1(Cn2cnc3cc(Br)c(Cl)cc3c2=O)N=N1. The highest BCUT2D eigenvalue weighted by atomic mass is 79.9. The Bertz CT molecular complexity index is 906. The summed E-state index contributed by atoms with van der Waals surface area (Å²) in [5.74, 6) is 0.597. The second kappa shape index (κ2) is 6.45.